The van der Waals surface area contributed by atoms with E-state index in [0.717, 1.165) is 16.7 Å². The number of nitrogen functional groups attached to an aromatic ring is 1. The molecule has 0 amide bonds. The van der Waals surface area contributed by atoms with Crippen LogP contribution in [0.25, 0.3) is 38.9 Å². The number of hydrogen-bond donors (Lipinski definition) is 1. The predicted octanol–water partition coefficient (Wildman–Crippen LogP) is 7.72. The normalized spacial score (nSPS) is 11.3. The zero-order valence-electron chi connectivity index (χ0n) is 26.0. The molecule has 4 heterocycles. The zero-order chi connectivity index (χ0) is 30.6. The number of nitrogens with two attached hydrogens (primary N) is 1. The Morgan fingerprint density at radius 2 is 1.62 bits per heavy atom. The Kier molecular flexibility index (Phi) is 13.1. The first-order valence-corrected chi connectivity index (χ1v) is 13.7. The van der Waals surface area contributed by atoms with Crippen LogP contribution in [-0.2, 0) is 42.1 Å². The van der Waals surface area contributed by atoms with Gasteiger partial charge in [0.05, 0.1) is 33.8 Å². The number of aromatic nitrogens is 5. The van der Waals surface area contributed by atoms with E-state index >= 15 is 4.39 Å². The van der Waals surface area contributed by atoms with Crippen molar-refractivity contribution in [3.8, 4) is 28.0 Å². The number of nitrogens with zero attached hydrogens (tertiary/aromatic N) is 5. The molecule has 246 valence electrons. The number of hydrogen-bond acceptors (Lipinski definition) is 6. The van der Waals surface area contributed by atoms with Crippen molar-refractivity contribution in [3.63, 3.8) is 0 Å². The van der Waals surface area contributed by atoms with Crippen LogP contribution in [0.2, 0.25) is 5.02 Å². The van der Waals surface area contributed by atoms with E-state index in [2.05, 4.69) is 9.97 Å². The first kappa shape index (κ1) is 39.7. The number of rotatable bonds is 6. The van der Waals surface area contributed by atoms with Crippen molar-refractivity contribution in [3.05, 3.63) is 121 Å². The quantitative estimate of drug-likeness (QED) is 0.172. The maximum atomic E-state index is 15.0. The fourth-order valence-electron chi connectivity index (χ4n) is 5.17. The van der Waals surface area contributed by atoms with Crippen molar-refractivity contribution >= 4 is 34.1 Å². The maximum Gasteiger partial charge on any atom is 0.266 e. The summed E-state index contributed by atoms with van der Waals surface area (Å²) in [5.74, 6) is -1.61. The van der Waals surface area contributed by atoms with Gasteiger partial charge in [-0.05, 0) is 62.2 Å². The average molecular weight is 1000 g/mol. The summed E-state index contributed by atoms with van der Waals surface area (Å²) >= 11 is 6.33. The molecule has 8 nitrogen and oxygen atoms in total. The number of anilines is 1. The molecule has 6 rings (SSSR count). The predicted molar refractivity (Wildman–Crippen MR) is 172 cm³/mol. The summed E-state index contributed by atoms with van der Waals surface area (Å²) in [7, 11) is 0. The van der Waals surface area contributed by atoms with E-state index in [1.54, 1.807) is 43.7 Å². The Balaban J connectivity index is 0.00000192. The van der Waals surface area contributed by atoms with E-state index < -0.39 is 29.1 Å². The summed E-state index contributed by atoms with van der Waals surface area (Å²) in [6.07, 6.45) is 3.76. The van der Waals surface area contributed by atoms with Crippen LogP contribution in [0.1, 0.15) is 32.5 Å². The van der Waals surface area contributed by atoms with Crippen LogP contribution in [0.3, 0.4) is 0 Å². The van der Waals surface area contributed by atoms with Gasteiger partial charge in [-0.3, -0.25) is 9.20 Å². The number of pyridine rings is 1. The van der Waals surface area contributed by atoms with Gasteiger partial charge >= 0.3 is 0 Å². The van der Waals surface area contributed by atoms with Crippen LogP contribution in [0.5, 0.6) is 5.75 Å². The molecule has 0 radical (unpaired) electrons. The third-order valence-corrected chi connectivity index (χ3v) is 7.32. The smallest absolute Gasteiger partial charge is 0.266 e. The molecule has 0 bridgehead atoms. The molecule has 0 unspecified atom stereocenters. The van der Waals surface area contributed by atoms with Crippen LogP contribution >= 0.6 is 11.6 Å². The molecule has 0 aliphatic heterocycles. The molecule has 0 saturated carbocycles. The van der Waals surface area contributed by atoms with Crippen molar-refractivity contribution < 1.29 is 60.0 Å². The summed E-state index contributed by atoms with van der Waals surface area (Å²) in [5, 5.41) is 0.372. The van der Waals surface area contributed by atoms with Crippen LogP contribution < -0.4 is 16.0 Å². The number of ether oxygens (including phenoxy) is 1. The molecular weight excluding hydrogens is 973 g/mol. The molecule has 6 aromatic rings. The molecule has 0 saturated heterocycles. The van der Waals surface area contributed by atoms with Gasteiger partial charge in [0.15, 0.2) is 17.2 Å². The van der Waals surface area contributed by atoms with E-state index in [0.29, 0.717) is 22.2 Å². The Labute approximate surface area is 303 Å². The van der Waals surface area contributed by atoms with Crippen molar-refractivity contribution in [2.24, 2.45) is 0 Å². The standard InChI is InChI=1S/C31H24ClF3N6O2.2CH3.2W/c1-15(2)43-24-8-7-17(10-23(24)35)21-13-40(30-26(21)28(36)37-14-38-30)16(3)27-25(18-5-4-6-19(33)9-18)31(42)41-12-20(34)11-22(32)29(41)39-27;;;;/h4-16H,1-3H3,(H2,36,37,38);2*1H3;;/q;2*-1;;/t16-;;;;/m1..../s1. The van der Waals surface area contributed by atoms with Crippen molar-refractivity contribution in [2.75, 3.05) is 5.73 Å². The minimum absolute atomic E-state index is 0. The van der Waals surface area contributed by atoms with Crippen LogP contribution in [0, 0.1) is 32.3 Å². The SMILES string of the molecule is CC(C)Oc1ccc(-c2cn([C@H](C)c3nc4c(Cl)cc(F)cn4c(=O)c3-c3cccc(F)c3)c3ncnc(N)c23)cc1F.[CH3-].[CH3-].[W].[W]. The summed E-state index contributed by atoms with van der Waals surface area (Å²) in [6.45, 7) is 5.36. The molecule has 2 aromatic carbocycles. The Morgan fingerprint density at radius 3 is 2.28 bits per heavy atom. The Bertz CT molecular complexity index is 2120. The molecule has 0 aliphatic rings. The number of benzene rings is 2. The third kappa shape index (κ3) is 7.32. The third-order valence-electron chi connectivity index (χ3n) is 7.04. The second kappa shape index (κ2) is 15.6. The molecular formula is C33H30ClF3N6O2W2-2. The molecule has 2 N–H and O–H groups in total. The first-order valence-electron chi connectivity index (χ1n) is 13.3. The molecule has 0 spiro atoms. The van der Waals surface area contributed by atoms with Gasteiger partial charge in [-0.2, -0.15) is 0 Å². The summed E-state index contributed by atoms with van der Waals surface area (Å²) in [5.41, 5.74) is 7.57. The fourth-order valence-corrected chi connectivity index (χ4v) is 5.41. The molecule has 1 atom stereocenters. The molecule has 0 fully saturated rings. The van der Waals surface area contributed by atoms with Gasteiger partial charge in [-0.1, -0.05) is 29.8 Å². The largest absolute Gasteiger partial charge is 0.488 e. The summed E-state index contributed by atoms with van der Waals surface area (Å²) in [6, 6.07) is 10.4. The van der Waals surface area contributed by atoms with E-state index in [1.165, 1.54) is 36.7 Å². The van der Waals surface area contributed by atoms with Gasteiger partial charge in [0.25, 0.3) is 5.56 Å². The monoisotopic (exact) mass is 1000 g/mol. The van der Waals surface area contributed by atoms with Crippen LogP contribution in [-0.4, -0.2) is 30.0 Å². The van der Waals surface area contributed by atoms with E-state index in [1.807, 2.05) is 0 Å². The maximum absolute atomic E-state index is 15.0. The van der Waals surface area contributed by atoms with Gasteiger partial charge in [-0.15, -0.1) is 0 Å². The topological polar surface area (TPSA) is 100 Å². The second-order valence-electron chi connectivity index (χ2n) is 10.3. The molecule has 4 aromatic heterocycles. The first-order chi connectivity index (χ1) is 20.5. The van der Waals surface area contributed by atoms with Gasteiger partial charge in [0.1, 0.15) is 29.4 Å². The van der Waals surface area contributed by atoms with Crippen LogP contribution in [0.4, 0.5) is 19.0 Å². The Morgan fingerprint density at radius 1 is 0.894 bits per heavy atom. The van der Waals surface area contributed by atoms with Crippen molar-refractivity contribution in [1.82, 2.24) is 23.9 Å². The summed E-state index contributed by atoms with van der Waals surface area (Å²) < 4.78 is 52.0. The van der Waals surface area contributed by atoms with Crippen molar-refractivity contribution in [1.29, 1.82) is 0 Å². The van der Waals surface area contributed by atoms with Gasteiger partial charge in [-0.25, -0.2) is 28.1 Å². The van der Waals surface area contributed by atoms with E-state index in [9.17, 15) is 13.6 Å². The fraction of sp³-hybridized carbons (Fsp3) is 0.152. The Hall–Kier alpha value is -3.52. The van der Waals surface area contributed by atoms with Crippen molar-refractivity contribution in [2.45, 2.75) is 32.9 Å². The molecule has 0 aliphatic carbocycles. The van der Waals surface area contributed by atoms with Gasteiger partial charge < -0.3 is 29.9 Å². The van der Waals surface area contributed by atoms with Gasteiger partial charge in [0, 0.05) is 60.1 Å². The minimum Gasteiger partial charge on any atom is -0.488 e. The minimum atomic E-state index is -0.738. The zero-order valence-corrected chi connectivity index (χ0v) is 32.6. The van der Waals surface area contributed by atoms with E-state index in [-0.39, 0.29) is 102 Å². The average Bonchev–Trinajstić information content (AvgIpc) is 3.35. The summed E-state index contributed by atoms with van der Waals surface area (Å²) in [4.78, 5) is 27.1. The number of fused-ring (bicyclic) bond motifs is 2. The van der Waals surface area contributed by atoms with E-state index in [4.69, 9.17) is 27.1 Å². The number of halogens is 4. The van der Waals surface area contributed by atoms with Crippen LogP contribution in [0.15, 0.2) is 72.0 Å². The molecule has 14 heteroatoms. The second-order valence-corrected chi connectivity index (χ2v) is 10.7. The molecule has 47 heavy (non-hydrogen) atoms. The van der Waals surface area contributed by atoms with Gasteiger partial charge in [0.2, 0.25) is 0 Å².